The SMILES string of the molecule is CCCC(=O)N(C)C(CO)C(=O)N(C)[C@@H](CC(C)C)C(=O)N[C@H](C(=O)N(C)[C@@H](CC(C)C)C(=O)N[C@@H](C)C(=O)N[C@H](C)C(=O)N(C)[C@@H](CC(C)C)C(=O)N(C)C(=O)N(C)[C@H](C(=O)NC)C(C)C)C(C)C. The Labute approximate surface area is 417 Å². The number of likely N-dealkylation sites (N-methyl/N-ethyl adjacent to an activating group) is 7. The van der Waals surface area contributed by atoms with Crippen molar-refractivity contribution in [3.63, 3.8) is 0 Å². The molecular weight excluding hydrogens is 905 g/mol. The largest absolute Gasteiger partial charge is 0.394 e. The van der Waals surface area contributed by atoms with Crippen molar-refractivity contribution in [2.75, 3.05) is 55.9 Å². The van der Waals surface area contributed by atoms with Crippen LogP contribution in [0.3, 0.4) is 0 Å². The van der Waals surface area contributed by atoms with Crippen molar-refractivity contribution in [2.45, 2.75) is 170 Å². The number of hydrogen-bond donors (Lipinski definition) is 5. The minimum atomic E-state index is -1.23. The van der Waals surface area contributed by atoms with Crippen LogP contribution in [0.25, 0.3) is 0 Å². The van der Waals surface area contributed by atoms with Crippen molar-refractivity contribution in [3.8, 4) is 0 Å². The van der Waals surface area contributed by atoms with E-state index in [1.165, 1.54) is 87.7 Å². The Hall–Kier alpha value is -5.34. The molecule has 0 fully saturated rings. The Kier molecular flexibility index (Phi) is 27.5. The lowest BCUT2D eigenvalue weighted by atomic mass is 9.96. The fraction of sp³-hybridized carbons (Fsp3) is 0.796. The van der Waals surface area contributed by atoms with Crippen LogP contribution in [0.5, 0.6) is 0 Å². The molecule has 0 aliphatic rings. The number of carbonyl (C=O) groups excluding carboxylic acids is 10. The van der Waals surface area contributed by atoms with Crippen LogP contribution in [-0.4, -0.2) is 198 Å². The summed E-state index contributed by atoms with van der Waals surface area (Å²) in [6.07, 6.45) is 1.24. The predicted molar refractivity (Wildman–Crippen MR) is 267 cm³/mol. The predicted octanol–water partition coefficient (Wildman–Crippen LogP) is 1.66. The van der Waals surface area contributed by atoms with Gasteiger partial charge in [0.25, 0.3) is 5.91 Å². The molecule has 21 heteroatoms. The normalized spacial score (nSPS) is 14.9. The summed E-state index contributed by atoms with van der Waals surface area (Å²) < 4.78 is 0. The van der Waals surface area contributed by atoms with Crippen LogP contribution in [0.1, 0.15) is 122 Å². The lowest BCUT2D eigenvalue weighted by Gasteiger charge is -2.37. The summed E-state index contributed by atoms with van der Waals surface area (Å²) >= 11 is 0. The molecule has 8 atom stereocenters. The molecule has 0 saturated carbocycles. The maximum atomic E-state index is 14.3. The van der Waals surface area contributed by atoms with E-state index in [0.717, 1.165) is 4.90 Å². The zero-order chi connectivity index (χ0) is 54.8. The average molecular weight is 995 g/mol. The molecule has 0 aliphatic heterocycles. The van der Waals surface area contributed by atoms with Gasteiger partial charge in [-0.25, -0.2) is 4.79 Å². The molecule has 0 aromatic carbocycles. The lowest BCUT2D eigenvalue weighted by molar-refractivity contribution is -0.150. The van der Waals surface area contributed by atoms with Crippen molar-refractivity contribution in [1.29, 1.82) is 0 Å². The van der Waals surface area contributed by atoms with Gasteiger partial charge in [0, 0.05) is 55.8 Å². The highest BCUT2D eigenvalue weighted by Gasteiger charge is 2.41. The molecule has 0 rings (SSSR count). The summed E-state index contributed by atoms with van der Waals surface area (Å²) in [7, 11) is 9.81. The van der Waals surface area contributed by atoms with Crippen molar-refractivity contribution >= 4 is 59.2 Å². The smallest absolute Gasteiger partial charge is 0.326 e. The number of nitrogens with zero attached hydrogens (tertiary/aromatic N) is 6. The van der Waals surface area contributed by atoms with Gasteiger partial charge < -0.3 is 50.9 Å². The van der Waals surface area contributed by atoms with Crippen LogP contribution in [0, 0.1) is 29.6 Å². The second-order valence-electron chi connectivity index (χ2n) is 20.5. The van der Waals surface area contributed by atoms with Crippen LogP contribution in [0.4, 0.5) is 4.79 Å². The third-order valence-electron chi connectivity index (χ3n) is 12.4. The first-order valence-corrected chi connectivity index (χ1v) is 24.6. The van der Waals surface area contributed by atoms with Gasteiger partial charge >= 0.3 is 6.03 Å². The second-order valence-corrected chi connectivity index (χ2v) is 20.5. The van der Waals surface area contributed by atoms with E-state index in [-0.39, 0.29) is 55.3 Å². The highest BCUT2D eigenvalue weighted by atomic mass is 16.3. The Morgan fingerprint density at radius 2 is 0.886 bits per heavy atom. The van der Waals surface area contributed by atoms with E-state index in [9.17, 15) is 53.1 Å². The number of imide groups is 1. The summed E-state index contributed by atoms with van der Waals surface area (Å²) in [5, 5.41) is 20.8. The van der Waals surface area contributed by atoms with Crippen LogP contribution in [0.15, 0.2) is 0 Å². The number of rotatable bonds is 27. The molecule has 0 aliphatic carbocycles. The molecule has 0 radical (unpaired) electrons. The average Bonchev–Trinajstić information content (AvgIpc) is 3.28. The first-order chi connectivity index (χ1) is 32.2. The van der Waals surface area contributed by atoms with Gasteiger partial charge in [0.1, 0.15) is 48.3 Å². The molecule has 0 spiro atoms. The van der Waals surface area contributed by atoms with E-state index in [1.807, 2.05) is 48.5 Å². The van der Waals surface area contributed by atoms with Gasteiger partial charge in [0.15, 0.2) is 0 Å². The van der Waals surface area contributed by atoms with E-state index >= 15 is 0 Å². The summed E-state index contributed by atoms with van der Waals surface area (Å²) in [6.45, 7) is 22.1. The van der Waals surface area contributed by atoms with E-state index in [4.69, 9.17) is 0 Å². The third kappa shape index (κ3) is 18.4. The van der Waals surface area contributed by atoms with Crippen molar-refractivity contribution < 1.29 is 53.1 Å². The van der Waals surface area contributed by atoms with Gasteiger partial charge in [-0.05, 0) is 69.1 Å². The van der Waals surface area contributed by atoms with E-state index in [0.29, 0.717) is 6.42 Å². The topological polar surface area (TPSA) is 258 Å². The quantitative estimate of drug-likeness (QED) is 0.0791. The molecule has 0 aromatic heterocycles. The number of nitrogens with one attached hydrogen (secondary N) is 4. The zero-order valence-electron chi connectivity index (χ0n) is 46.0. The van der Waals surface area contributed by atoms with E-state index in [1.54, 1.807) is 27.7 Å². The number of hydrogen-bond acceptors (Lipinski definition) is 11. The molecule has 402 valence electrons. The lowest BCUT2D eigenvalue weighted by Crippen LogP contribution is -2.61. The van der Waals surface area contributed by atoms with E-state index < -0.39 is 114 Å². The Balaban J connectivity index is 6.39. The highest BCUT2D eigenvalue weighted by molar-refractivity contribution is 6.01. The minimum Gasteiger partial charge on any atom is -0.394 e. The number of amides is 11. The van der Waals surface area contributed by atoms with Crippen molar-refractivity contribution in [2.24, 2.45) is 29.6 Å². The maximum absolute atomic E-state index is 14.3. The first-order valence-electron chi connectivity index (χ1n) is 24.6. The van der Waals surface area contributed by atoms with Crippen LogP contribution in [0.2, 0.25) is 0 Å². The molecule has 70 heavy (non-hydrogen) atoms. The highest BCUT2D eigenvalue weighted by Crippen LogP contribution is 2.20. The molecule has 0 bridgehead atoms. The Morgan fingerprint density at radius 1 is 0.457 bits per heavy atom. The number of aliphatic hydroxyl groups is 1. The fourth-order valence-electron chi connectivity index (χ4n) is 8.08. The second kappa shape index (κ2) is 29.8. The maximum Gasteiger partial charge on any atom is 0.326 e. The molecule has 1 unspecified atom stereocenters. The van der Waals surface area contributed by atoms with Crippen molar-refractivity contribution in [3.05, 3.63) is 0 Å². The molecule has 21 nitrogen and oxygen atoms in total. The van der Waals surface area contributed by atoms with Crippen molar-refractivity contribution in [1.82, 2.24) is 50.7 Å². The van der Waals surface area contributed by atoms with Gasteiger partial charge in [0.2, 0.25) is 47.3 Å². The molecule has 0 saturated heterocycles. The number of aliphatic hydroxyl groups excluding tert-OH is 1. The molecule has 11 amide bonds. The van der Waals surface area contributed by atoms with Crippen LogP contribution < -0.4 is 21.3 Å². The summed E-state index contributed by atoms with van der Waals surface area (Å²) in [6, 6.07) is -9.73. The van der Waals surface area contributed by atoms with Crippen LogP contribution >= 0.6 is 0 Å². The Morgan fingerprint density at radius 3 is 1.30 bits per heavy atom. The summed E-state index contributed by atoms with van der Waals surface area (Å²) in [5.74, 6) is -6.45. The molecule has 0 aromatic rings. The number of urea groups is 1. The first kappa shape index (κ1) is 64.7. The standard InChI is InChI=1S/C49H90N10O11/c1-21-22-38(61)54(15)37(26-60)47(68)55(16)35(24-28(4)5)43(64)53-39(30(8)9)48(69)56(17)34(23-27(2)3)42(63)51-32(12)41(62)52-33(13)45(66)57(18)36(25-29(6)7)46(67)59(20)49(70)58(19)40(31(10)11)44(65)50-14/h27-37,39-40,60H,21-26H2,1-20H3,(H,50,65)(H,51,63)(H,52,62)(H,53,64)/t32-,33+,34-,35-,36-,37?,39-,40-/m0/s1. The number of carbonyl (C=O) groups is 10. The van der Waals surface area contributed by atoms with Gasteiger partial charge in [-0.15, -0.1) is 0 Å². The van der Waals surface area contributed by atoms with Gasteiger partial charge in [0.05, 0.1) is 6.61 Å². The molecule has 0 heterocycles. The molecular formula is C49H90N10O11. The monoisotopic (exact) mass is 995 g/mol. The van der Waals surface area contributed by atoms with Gasteiger partial charge in [-0.2, -0.15) is 0 Å². The van der Waals surface area contributed by atoms with Gasteiger partial charge in [-0.3, -0.25) is 48.1 Å². The summed E-state index contributed by atoms with van der Waals surface area (Å²) in [5.41, 5.74) is 0. The molecule has 5 N–H and O–H groups in total. The zero-order valence-corrected chi connectivity index (χ0v) is 46.0. The van der Waals surface area contributed by atoms with Crippen LogP contribution in [-0.2, 0) is 43.2 Å². The third-order valence-corrected chi connectivity index (χ3v) is 12.4. The minimum absolute atomic E-state index is 0.0854. The van der Waals surface area contributed by atoms with E-state index in [2.05, 4.69) is 21.3 Å². The Bertz CT molecular complexity index is 1810. The summed E-state index contributed by atoms with van der Waals surface area (Å²) in [4.78, 5) is 143. The van der Waals surface area contributed by atoms with Gasteiger partial charge in [-0.1, -0.05) is 76.2 Å². The fourth-order valence-corrected chi connectivity index (χ4v) is 8.08.